The Morgan fingerprint density at radius 3 is 2.21 bits per heavy atom. The van der Waals surface area contributed by atoms with Crippen molar-refractivity contribution in [3.05, 3.63) is 90.0 Å². The second kappa shape index (κ2) is 14.9. The van der Waals surface area contributed by atoms with E-state index in [1.807, 2.05) is 57.2 Å². The van der Waals surface area contributed by atoms with Crippen molar-refractivity contribution in [3.63, 3.8) is 0 Å². The number of rotatable bonds is 13. The van der Waals surface area contributed by atoms with Crippen molar-refractivity contribution in [1.82, 2.24) is 10.7 Å². The van der Waals surface area contributed by atoms with Gasteiger partial charge in [0, 0.05) is 5.69 Å². The molecule has 0 heterocycles. The molecule has 9 nitrogen and oxygen atoms in total. The minimum atomic E-state index is -0.757. The van der Waals surface area contributed by atoms with Gasteiger partial charge in [-0.05, 0) is 72.9 Å². The van der Waals surface area contributed by atoms with Crippen LogP contribution in [-0.2, 0) is 14.4 Å². The molecule has 3 aromatic rings. The van der Waals surface area contributed by atoms with Gasteiger partial charge in [-0.3, -0.25) is 14.4 Å². The normalized spacial score (nSPS) is 11.6. The lowest BCUT2D eigenvalue weighted by Gasteiger charge is -2.19. The third-order valence-electron chi connectivity index (χ3n) is 5.51. The molecule has 0 spiro atoms. The third kappa shape index (κ3) is 10.3. The Kier molecular flexibility index (Phi) is 11.1. The van der Waals surface area contributed by atoms with Gasteiger partial charge < -0.3 is 20.1 Å². The number of hydrogen-bond donors (Lipinski definition) is 3. The summed E-state index contributed by atoms with van der Waals surface area (Å²) in [4.78, 5) is 37.2. The number of carbonyl (C=O) groups is 3. The van der Waals surface area contributed by atoms with Crippen LogP contribution >= 0.6 is 0 Å². The number of aryl methyl sites for hydroxylation is 1. The number of nitrogens with one attached hydrogen (secondary N) is 3. The predicted octanol–water partition coefficient (Wildman–Crippen LogP) is 4.07. The maximum Gasteiger partial charge on any atom is 0.262 e. The monoisotopic (exact) mass is 530 g/mol. The minimum Gasteiger partial charge on any atom is -0.484 e. The number of nitrogens with zero attached hydrogens (tertiary/aromatic N) is 1. The quantitative estimate of drug-likeness (QED) is 0.227. The van der Waals surface area contributed by atoms with Gasteiger partial charge in [0.2, 0.25) is 0 Å². The molecule has 3 aromatic carbocycles. The molecule has 3 N–H and O–H groups in total. The lowest BCUT2D eigenvalue weighted by molar-refractivity contribution is -0.130. The first kappa shape index (κ1) is 28.9. The summed E-state index contributed by atoms with van der Waals surface area (Å²) >= 11 is 0. The Morgan fingerprint density at radius 2 is 1.51 bits per heavy atom. The highest BCUT2D eigenvalue weighted by molar-refractivity contribution is 5.92. The minimum absolute atomic E-state index is 0.128. The van der Waals surface area contributed by atoms with Crippen molar-refractivity contribution in [3.8, 4) is 11.5 Å². The van der Waals surface area contributed by atoms with E-state index in [1.54, 1.807) is 42.5 Å². The van der Waals surface area contributed by atoms with Gasteiger partial charge in [-0.25, -0.2) is 5.43 Å². The molecule has 0 radical (unpaired) electrons. The van der Waals surface area contributed by atoms with Gasteiger partial charge in [0.25, 0.3) is 17.7 Å². The molecule has 0 fully saturated rings. The average Bonchev–Trinajstić information content (AvgIpc) is 2.92. The molecule has 0 bridgehead atoms. The molecule has 0 aromatic heterocycles. The van der Waals surface area contributed by atoms with Crippen LogP contribution < -0.4 is 25.5 Å². The molecule has 0 aliphatic carbocycles. The van der Waals surface area contributed by atoms with Crippen LogP contribution in [0.5, 0.6) is 11.5 Å². The lowest BCUT2D eigenvalue weighted by atomic mass is 10.0. The SMILES string of the molecule is Cc1ccccc1OCC(=O)N[C@H](CC(C)C)C(=O)N/N=C\c1ccc(OCC(=O)Nc2ccccc2)cc1. The maximum atomic E-state index is 12.7. The van der Waals surface area contributed by atoms with E-state index in [0.29, 0.717) is 29.2 Å². The molecule has 3 amide bonds. The van der Waals surface area contributed by atoms with Crippen LogP contribution in [0.3, 0.4) is 0 Å². The second-order valence-corrected chi connectivity index (χ2v) is 9.31. The Hall–Kier alpha value is -4.66. The lowest BCUT2D eigenvalue weighted by Crippen LogP contribution is -2.47. The Labute approximate surface area is 228 Å². The molecule has 9 heteroatoms. The van der Waals surface area contributed by atoms with Gasteiger partial charge in [-0.2, -0.15) is 5.10 Å². The van der Waals surface area contributed by atoms with Crippen molar-refractivity contribution in [2.75, 3.05) is 18.5 Å². The molecular formula is C30H34N4O5. The van der Waals surface area contributed by atoms with Gasteiger partial charge >= 0.3 is 0 Å². The van der Waals surface area contributed by atoms with Gasteiger partial charge in [-0.1, -0.05) is 50.2 Å². The van der Waals surface area contributed by atoms with E-state index in [-0.39, 0.29) is 25.0 Å². The summed E-state index contributed by atoms with van der Waals surface area (Å²) in [5.74, 6) is 0.231. The number of anilines is 1. The number of ether oxygens (including phenoxy) is 2. The van der Waals surface area contributed by atoms with Crippen LogP contribution in [0.15, 0.2) is 84.0 Å². The molecular weight excluding hydrogens is 496 g/mol. The van der Waals surface area contributed by atoms with Crippen molar-refractivity contribution in [2.24, 2.45) is 11.0 Å². The first-order valence-corrected chi connectivity index (χ1v) is 12.7. The smallest absolute Gasteiger partial charge is 0.262 e. The van der Waals surface area contributed by atoms with Crippen LogP contribution in [-0.4, -0.2) is 43.2 Å². The number of hydrazone groups is 1. The summed E-state index contributed by atoms with van der Waals surface area (Å²) in [6.07, 6.45) is 1.93. The number of para-hydroxylation sites is 2. The Bertz CT molecular complexity index is 1260. The summed E-state index contributed by atoms with van der Waals surface area (Å²) in [6, 6.07) is 22.7. The Balaban J connectivity index is 1.46. The fraction of sp³-hybridized carbons (Fsp3) is 0.267. The van der Waals surface area contributed by atoms with Gasteiger partial charge in [0.15, 0.2) is 13.2 Å². The molecule has 0 saturated heterocycles. The fourth-order valence-corrected chi connectivity index (χ4v) is 3.57. The van der Waals surface area contributed by atoms with E-state index in [1.165, 1.54) is 6.21 Å². The van der Waals surface area contributed by atoms with Crippen LogP contribution in [0.2, 0.25) is 0 Å². The van der Waals surface area contributed by atoms with Gasteiger partial charge in [-0.15, -0.1) is 0 Å². The molecule has 39 heavy (non-hydrogen) atoms. The van der Waals surface area contributed by atoms with Crippen molar-refractivity contribution in [2.45, 2.75) is 33.2 Å². The highest BCUT2D eigenvalue weighted by Gasteiger charge is 2.22. The average molecular weight is 531 g/mol. The number of hydrogen-bond acceptors (Lipinski definition) is 6. The summed E-state index contributed by atoms with van der Waals surface area (Å²) in [5, 5.41) is 9.51. The van der Waals surface area contributed by atoms with Crippen LogP contribution in [0.4, 0.5) is 5.69 Å². The van der Waals surface area contributed by atoms with E-state index < -0.39 is 17.9 Å². The molecule has 0 saturated carbocycles. The van der Waals surface area contributed by atoms with Crippen LogP contribution in [0.25, 0.3) is 0 Å². The first-order chi connectivity index (χ1) is 18.8. The summed E-state index contributed by atoms with van der Waals surface area (Å²) in [5.41, 5.74) is 4.83. The predicted molar refractivity (Wildman–Crippen MR) is 151 cm³/mol. The zero-order chi connectivity index (χ0) is 28.0. The molecule has 3 rings (SSSR count). The summed E-state index contributed by atoms with van der Waals surface area (Å²) in [6.45, 7) is 5.51. The van der Waals surface area contributed by atoms with Gasteiger partial charge in [0.05, 0.1) is 6.21 Å². The fourth-order valence-electron chi connectivity index (χ4n) is 3.57. The molecule has 0 aliphatic rings. The summed E-state index contributed by atoms with van der Waals surface area (Å²) in [7, 11) is 0. The van der Waals surface area contributed by atoms with Crippen LogP contribution in [0, 0.1) is 12.8 Å². The number of amides is 3. The van der Waals surface area contributed by atoms with E-state index in [2.05, 4.69) is 21.2 Å². The van der Waals surface area contributed by atoms with Crippen LogP contribution in [0.1, 0.15) is 31.4 Å². The largest absolute Gasteiger partial charge is 0.484 e. The first-order valence-electron chi connectivity index (χ1n) is 12.7. The summed E-state index contributed by atoms with van der Waals surface area (Å²) < 4.78 is 11.1. The zero-order valence-electron chi connectivity index (χ0n) is 22.3. The van der Waals surface area contributed by atoms with Crippen molar-refractivity contribution in [1.29, 1.82) is 0 Å². The Morgan fingerprint density at radius 1 is 0.846 bits per heavy atom. The molecule has 0 aliphatic heterocycles. The number of benzene rings is 3. The molecule has 1 atom stereocenters. The van der Waals surface area contributed by atoms with Crippen molar-refractivity contribution >= 4 is 29.6 Å². The second-order valence-electron chi connectivity index (χ2n) is 9.31. The highest BCUT2D eigenvalue weighted by Crippen LogP contribution is 2.16. The maximum absolute atomic E-state index is 12.7. The number of carbonyl (C=O) groups excluding carboxylic acids is 3. The zero-order valence-corrected chi connectivity index (χ0v) is 22.3. The topological polar surface area (TPSA) is 118 Å². The third-order valence-corrected chi connectivity index (χ3v) is 5.51. The molecule has 0 unspecified atom stereocenters. The van der Waals surface area contributed by atoms with Crippen molar-refractivity contribution < 1.29 is 23.9 Å². The van der Waals surface area contributed by atoms with E-state index in [0.717, 1.165) is 5.56 Å². The van der Waals surface area contributed by atoms with E-state index in [9.17, 15) is 14.4 Å². The van der Waals surface area contributed by atoms with E-state index >= 15 is 0 Å². The van der Waals surface area contributed by atoms with E-state index in [4.69, 9.17) is 9.47 Å². The van der Waals surface area contributed by atoms with Gasteiger partial charge in [0.1, 0.15) is 17.5 Å². The molecule has 204 valence electrons. The highest BCUT2D eigenvalue weighted by atomic mass is 16.5. The standard InChI is InChI=1S/C30H34N4O5/c1-21(2)17-26(33-29(36)20-39-27-12-8-7-9-22(27)3)30(37)34-31-18-23-13-15-25(16-14-23)38-19-28(35)32-24-10-5-4-6-11-24/h4-16,18,21,26H,17,19-20H2,1-3H3,(H,32,35)(H,33,36)(H,34,37)/b31-18-/t26-/m1/s1.